The van der Waals surface area contributed by atoms with Crippen LogP contribution in [0.1, 0.15) is 28.4 Å². The van der Waals surface area contributed by atoms with Gasteiger partial charge < -0.3 is 9.47 Å². The standard InChI is InChI=1S/C18H17ClO4/c1-12(20)14-5-8-17(22-2)15(10-14)11-23-18(21)9-13-3-6-16(19)7-4-13/h3-8,10H,9,11H2,1-2H3. The Bertz CT molecular complexity index is 707. The molecule has 5 heteroatoms. The number of halogens is 1. The Morgan fingerprint density at radius 2 is 1.78 bits per heavy atom. The highest BCUT2D eigenvalue weighted by molar-refractivity contribution is 6.30. The Kier molecular flexibility index (Phi) is 5.77. The number of hydrogen-bond donors (Lipinski definition) is 0. The molecule has 0 fully saturated rings. The molecular formula is C18H17ClO4. The molecule has 2 aromatic rings. The molecule has 23 heavy (non-hydrogen) atoms. The molecule has 0 aliphatic heterocycles. The lowest BCUT2D eigenvalue weighted by molar-refractivity contribution is -0.144. The summed E-state index contributed by atoms with van der Waals surface area (Å²) in [6.07, 6.45) is 0.159. The lowest BCUT2D eigenvalue weighted by atomic mass is 10.1. The van der Waals surface area contributed by atoms with Gasteiger partial charge in [0.25, 0.3) is 0 Å². The van der Waals surface area contributed by atoms with Crippen LogP contribution in [0.5, 0.6) is 5.75 Å². The first-order chi connectivity index (χ1) is 11.0. The maximum absolute atomic E-state index is 11.9. The van der Waals surface area contributed by atoms with Gasteiger partial charge in [0.15, 0.2) is 5.78 Å². The van der Waals surface area contributed by atoms with E-state index in [0.29, 0.717) is 21.9 Å². The molecule has 0 aliphatic rings. The summed E-state index contributed by atoms with van der Waals surface area (Å²) in [5, 5.41) is 0.618. The molecule has 0 bridgehead atoms. The van der Waals surface area contributed by atoms with Gasteiger partial charge in [-0.15, -0.1) is 0 Å². The maximum atomic E-state index is 11.9. The largest absolute Gasteiger partial charge is 0.496 e. The Morgan fingerprint density at radius 1 is 1.09 bits per heavy atom. The van der Waals surface area contributed by atoms with Gasteiger partial charge in [-0.2, -0.15) is 0 Å². The zero-order valence-corrected chi connectivity index (χ0v) is 13.7. The molecule has 2 aromatic carbocycles. The molecule has 0 aromatic heterocycles. The fourth-order valence-electron chi connectivity index (χ4n) is 2.09. The van der Waals surface area contributed by atoms with Gasteiger partial charge in [-0.25, -0.2) is 0 Å². The van der Waals surface area contributed by atoms with Crippen LogP contribution >= 0.6 is 11.6 Å². The number of esters is 1. The highest BCUT2D eigenvalue weighted by Gasteiger charge is 2.11. The molecule has 4 nitrogen and oxygen atoms in total. The zero-order valence-electron chi connectivity index (χ0n) is 13.0. The van der Waals surface area contributed by atoms with Crippen LogP contribution < -0.4 is 4.74 Å². The summed E-state index contributed by atoms with van der Waals surface area (Å²) < 4.78 is 10.5. The van der Waals surface area contributed by atoms with E-state index in [9.17, 15) is 9.59 Å². The minimum absolute atomic E-state index is 0.0523. The highest BCUT2D eigenvalue weighted by atomic mass is 35.5. The molecule has 0 amide bonds. The monoisotopic (exact) mass is 332 g/mol. The van der Waals surface area contributed by atoms with Crippen molar-refractivity contribution in [3.05, 3.63) is 64.2 Å². The average molecular weight is 333 g/mol. The molecule has 0 radical (unpaired) electrons. The average Bonchev–Trinajstić information content (AvgIpc) is 2.54. The van der Waals surface area contributed by atoms with E-state index in [1.165, 1.54) is 14.0 Å². The lowest BCUT2D eigenvalue weighted by Crippen LogP contribution is -2.09. The first kappa shape index (κ1) is 17.0. The third kappa shape index (κ3) is 4.83. The fraction of sp³-hybridized carbons (Fsp3) is 0.222. The summed E-state index contributed by atoms with van der Waals surface area (Å²) in [4.78, 5) is 23.4. The smallest absolute Gasteiger partial charge is 0.310 e. The highest BCUT2D eigenvalue weighted by Crippen LogP contribution is 2.21. The summed E-state index contributed by atoms with van der Waals surface area (Å²) in [6.45, 7) is 1.54. The van der Waals surface area contributed by atoms with Crippen molar-refractivity contribution >= 4 is 23.4 Å². The number of methoxy groups -OCH3 is 1. The van der Waals surface area contributed by atoms with Crippen LogP contribution in [0.2, 0.25) is 5.02 Å². The molecule has 0 N–H and O–H groups in total. The van der Waals surface area contributed by atoms with E-state index in [1.807, 2.05) is 0 Å². The van der Waals surface area contributed by atoms with E-state index in [2.05, 4.69) is 0 Å². The second-order valence-electron chi connectivity index (χ2n) is 5.05. The van der Waals surface area contributed by atoms with Crippen LogP contribution in [0.3, 0.4) is 0 Å². The summed E-state index contributed by atoms with van der Waals surface area (Å²) in [5.74, 6) is 0.165. The molecule has 0 unspecified atom stereocenters. The summed E-state index contributed by atoms with van der Waals surface area (Å²) in [6, 6.07) is 12.1. The normalized spacial score (nSPS) is 10.2. The van der Waals surface area contributed by atoms with Crippen molar-refractivity contribution in [1.29, 1.82) is 0 Å². The van der Waals surface area contributed by atoms with Crippen molar-refractivity contribution < 1.29 is 19.1 Å². The van der Waals surface area contributed by atoms with Crippen molar-refractivity contribution in [2.45, 2.75) is 20.0 Å². The number of ether oxygens (including phenoxy) is 2. The van der Waals surface area contributed by atoms with Crippen LogP contribution in [-0.2, 0) is 22.6 Å². The Hall–Kier alpha value is -2.33. The summed E-state index contributed by atoms with van der Waals surface area (Å²) in [5.41, 5.74) is 2.03. The molecule has 0 aliphatic carbocycles. The van der Waals surface area contributed by atoms with Crippen molar-refractivity contribution in [1.82, 2.24) is 0 Å². The summed E-state index contributed by atoms with van der Waals surface area (Å²) >= 11 is 5.81. The number of Topliss-reactive ketones (excluding diaryl/α,β-unsaturated/α-hetero) is 1. The minimum Gasteiger partial charge on any atom is -0.496 e. The van der Waals surface area contributed by atoms with E-state index < -0.39 is 0 Å². The van der Waals surface area contributed by atoms with E-state index in [-0.39, 0.29) is 24.8 Å². The first-order valence-corrected chi connectivity index (χ1v) is 7.45. The van der Waals surface area contributed by atoms with Crippen molar-refractivity contribution in [2.24, 2.45) is 0 Å². The third-order valence-electron chi connectivity index (χ3n) is 3.34. The van der Waals surface area contributed by atoms with Gasteiger partial charge in [0.2, 0.25) is 0 Å². The van der Waals surface area contributed by atoms with Gasteiger partial charge in [0, 0.05) is 16.1 Å². The number of hydrogen-bond acceptors (Lipinski definition) is 4. The van der Waals surface area contributed by atoms with E-state index >= 15 is 0 Å². The third-order valence-corrected chi connectivity index (χ3v) is 3.59. The fourth-order valence-corrected chi connectivity index (χ4v) is 2.21. The molecule has 0 heterocycles. The molecule has 0 atom stereocenters. The van der Waals surface area contributed by atoms with Crippen LogP contribution in [0.15, 0.2) is 42.5 Å². The topological polar surface area (TPSA) is 52.6 Å². The van der Waals surface area contributed by atoms with Crippen LogP contribution in [0.25, 0.3) is 0 Å². The predicted molar refractivity (Wildman–Crippen MR) is 88.0 cm³/mol. The second-order valence-corrected chi connectivity index (χ2v) is 5.48. The van der Waals surface area contributed by atoms with Crippen LogP contribution in [0.4, 0.5) is 0 Å². The lowest BCUT2D eigenvalue weighted by Gasteiger charge is -2.11. The molecule has 0 saturated carbocycles. The second kappa shape index (κ2) is 7.79. The van der Waals surface area contributed by atoms with Crippen molar-refractivity contribution in [3.63, 3.8) is 0 Å². The molecule has 2 rings (SSSR count). The predicted octanol–water partition coefficient (Wildman–Crippen LogP) is 3.84. The first-order valence-electron chi connectivity index (χ1n) is 7.07. The van der Waals surface area contributed by atoms with E-state index in [1.54, 1.807) is 42.5 Å². The minimum atomic E-state index is -0.359. The Morgan fingerprint density at radius 3 is 2.39 bits per heavy atom. The van der Waals surface area contributed by atoms with Gasteiger partial charge >= 0.3 is 5.97 Å². The maximum Gasteiger partial charge on any atom is 0.310 e. The summed E-state index contributed by atoms with van der Waals surface area (Å²) in [7, 11) is 1.53. The number of benzene rings is 2. The quantitative estimate of drug-likeness (QED) is 0.596. The van der Waals surface area contributed by atoms with Gasteiger partial charge in [0.05, 0.1) is 13.5 Å². The molecule has 0 spiro atoms. The Balaban J connectivity index is 2.01. The molecule has 0 saturated heterocycles. The van der Waals surface area contributed by atoms with Gasteiger partial charge in [-0.3, -0.25) is 9.59 Å². The molecule has 120 valence electrons. The SMILES string of the molecule is COc1ccc(C(C)=O)cc1COC(=O)Cc1ccc(Cl)cc1. The van der Waals surface area contributed by atoms with E-state index in [4.69, 9.17) is 21.1 Å². The van der Waals surface area contributed by atoms with E-state index in [0.717, 1.165) is 5.56 Å². The number of carbonyl (C=O) groups excluding carboxylic acids is 2. The van der Waals surface area contributed by atoms with Gasteiger partial charge in [0.1, 0.15) is 12.4 Å². The Labute approximate surface area is 140 Å². The molecular weight excluding hydrogens is 316 g/mol. The van der Waals surface area contributed by atoms with Gasteiger partial charge in [-0.05, 0) is 42.8 Å². The van der Waals surface area contributed by atoms with Crippen LogP contribution in [-0.4, -0.2) is 18.9 Å². The van der Waals surface area contributed by atoms with Crippen LogP contribution in [0, 0.1) is 0 Å². The number of rotatable bonds is 6. The number of ketones is 1. The number of carbonyl (C=O) groups is 2. The van der Waals surface area contributed by atoms with Crippen molar-refractivity contribution in [2.75, 3.05) is 7.11 Å². The van der Waals surface area contributed by atoms with Gasteiger partial charge in [-0.1, -0.05) is 23.7 Å². The van der Waals surface area contributed by atoms with Crippen molar-refractivity contribution in [3.8, 4) is 5.75 Å². The zero-order chi connectivity index (χ0) is 16.8.